The molecule has 3 unspecified atom stereocenters. The van der Waals surface area contributed by atoms with Gasteiger partial charge in [-0.1, -0.05) is 20.3 Å². The summed E-state index contributed by atoms with van der Waals surface area (Å²) in [6.07, 6.45) is 5.46. The monoisotopic (exact) mass is 270 g/mol. The Bertz CT molecular complexity index is 341. The minimum atomic E-state index is -0.866. The Morgan fingerprint density at radius 1 is 1.42 bits per heavy atom. The number of hydrogen-bond donors (Lipinski definition) is 2. The molecule has 19 heavy (non-hydrogen) atoms. The van der Waals surface area contributed by atoms with Gasteiger partial charge >= 0.3 is 5.97 Å². The molecule has 2 fully saturated rings. The zero-order valence-electron chi connectivity index (χ0n) is 12.0. The summed E-state index contributed by atoms with van der Waals surface area (Å²) in [5, 5.41) is 19.8. The van der Waals surface area contributed by atoms with Crippen molar-refractivity contribution < 1.29 is 19.7 Å². The molecule has 3 atom stereocenters. The lowest BCUT2D eigenvalue weighted by Crippen LogP contribution is -2.53. The van der Waals surface area contributed by atoms with Crippen LogP contribution >= 0.6 is 0 Å². The van der Waals surface area contributed by atoms with Crippen LogP contribution in [0.2, 0.25) is 0 Å². The quantitative estimate of drug-likeness (QED) is 0.767. The third-order valence-corrected chi connectivity index (χ3v) is 4.59. The van der Waals surface area contributed by atoms with E-state index in [2.05, 4.69) is 0 Å². The van der Waals surface area contributed by atoms with E-state index in [9.17, 15) is 9.90 Å². The number of aliphatic hydroxyl groups excluding tert-OH is 1. The Morgan fingerprint density at radius 2 is 2.16 bits per heavy atom. The molecule has 0 saturated heterocycles. The number of carbonyl (C=O) groups is 1. The third kappa shape index (κ3) is 3.29. The van der Waals surface area contributed by atoms with Crippen molar-refractivity contribution in [3.8, 4) is 0 Å². The molecule has 110 valence electrons. The van der Waals surface area contributed by atoms with Crippen molar-refractivity contribution in [3.05, 3.63) is 0 Å². The summed E-state index contributed by atoms with van der Waals surface area (Å²) in [5.74, 6) is 0.107. The lowest BCUT2D eigenvalue weighted by atomic mass is 9.62. The van der Waals surface area contributed by atoms with Crippen LogP contribution in [0.5, 0.6) is 0 Å². The van der Waals surface area contributed by atoms with Crippen LogP contribution in [-0.2, 0) is 9.53 Å². The minimum Gasteiger partial charge on any atom is -0.459 e. The summed E-state index contributed by atoms with van der Waals surface area (Å²) < 4.78 is 5.77. The van der Waals surface area contributed by atoms with Crippen LogP contribution < -0.4 is 0 Å². The smallest absolute Gasteiger partial charge is 0.308 e. The van der Waals surface area contributed by atoms with Crippen molar-refractivity contribution in [1.82, 2.24) is 0 Å². The van der Waals surface area contributed by atoms with E-state index in [0.717, 1.165) is 32.1 Å². The summed E-state index contributed by atoms with van der Waals surface area (Å²) in [6, 6.07) is 0. The SMILES string of the molecule is CC(C)C(=O)OC12CCCC(CC(O)(CCO)C1)C2. The lowest BCUT2D eigenvalue weighted by molar-refractivity contribution is -0.192. The average Bonchev–Trinajstić information content (AvgIpc) is 2.27. The maximum atomic E-state index is 11.9. The van der Waals surface area contributed by atoms with Gasteiger partial charge in [0, 0.05) is 13.0 Å². The highest BCUT2D eigenvalue weighted by molar-refractivity contribution is 5.72. The molecule has 2 aliphatic carbocycles. The number of carbonyl (C=O) groups excluding carboxylic acids is 1. The molecule has 0 amide bonds. The molecule has 2 saturated carbocycles. The van der Waals surface area contributed by atoms with Gasteiger partial charge in [0.2, 0.25) is 0 Å². The van der Waals surface area contributed by atoms with E-state index in [1.54, 1.807) is 0 Å². The largest absolute Gasteiger partial charge is 0.459 e. The van der Waals surface area contributed by atoms with Crippen molar-refractivity contribution >= 4 is 5.97 Å². The molecule has 4 heteroatoms. The first-order valence-electron chi connectivity index (χ1n) is 7.44. The van der Waals surface area contributed by atoms with Gasteiger partial charge in [-0.3, -0.25) is 4.79 Å². The first-order chi connectivity index (χ1) is 8.88. The molecule has 0 heterocycles. The van der Waals surface area contributed by atoms with Crippen LogP contribution in [0.3, 0.4) is 0 Å². The third-order valence-electron chi connectivity index (χ3n) is 4.59. The Hall–Kier alpha value is -0.610. The molecular weight excluding hydrogens is 244 g/mol. The molecule has 0 aliphatic heterocycles. The van der Waals surface area contributed by atoms with Crippen LogP contribution in [0.25, 0.3) is 0 Å². The Labute approximate surface area is 115 Å². The molecule has 0 radical (unpaired) electrons. The van der Waals surface area contributed by atoms with E-state index in [1.807, 2.05) is 13.8 Å². The molecule has 0 aromatic carbocycles. The molecule has 0 aromatic rings. The molecule has 2 bridgehead atoms. The predicted octanol–water partition coefficient (Wildman–Crippen LogP) is 2.02. The Kier molecular flexibility index (Phi) is 4.21. The first-order valence-corrected chi connectivity index (χ1v) is 7.44. The van der Waals surface area contributed by atoms with Gasteiger partial charge in [0.25, 0.3) is 0 Å². The van der Waals surface area contributed by atoms with Crippen LogP contribution in [0, 0.1) is 11.8 Å². The van der Waals surface area contributed by atoms with E-state index in [1.165, 1.54) is 0 Å². The summed E-state index contributed by atoms with van der Waals surface area (Å²) in [6.45, 7) is 3.65. The second-order valence-corrected chi connectivity index (χ2v) is 6.80. The number of esters is 1. The maximum Gasteiger partial charge on any atom is 0.308 e. The fourth-order valence-corrected chi connectivity index (χ4v) is 3.85. The van der Waals surface area contributed by atoms with Gasteiger partial charge in [0.1, 0.15) is 5.60 Å². The topological polar surface area (TPSA) is 66.8 Å². The second-order valence-electron chi connectivity index (χ2n) is 6.80. The summed E-state index contributed by atoms with van der Waals surface area (Å²) in [5.41, 5.74) is -1.36. The lowest BCUT2D eigenvalue weighted by Gasteiger charge is -2.51. The van der Waals surface area contributed by atoms with Gasteiger partial charge in [0.05, 0.1) is 11.5 Å². The molecular formula is C15H26O4. The molecule has 0 aromatic heterocycles. The molecule has 2 rings (SSSR count). The minimum absolute atomic E-state index is 0.0164. The highest BCUT2D eigenvalue weighted by Gasteiger charge is 2.51. The molecule has 2 aliphatic rings. The van der Waals surface area contributed by atoms with Crippen LogP contribution in [0.1, 0.15) is 58.8 Å². The van der Waals surface area contributed by atoms with Gasteiger partial charge < -0.3 is 14.9 Å². The van der Waals surface area contributed by atoms with Gasteiger partial charge in [-0.05, 0) is 38.0 Å². The Balaban J connectivity index is 2.14. The number of hydrogen-bond acceptors (Lipinski definition) is 4. The number of rotatable bonds is 4. The molecule has 2 N–H and O–H groups in total. The summed E-state index contributed by atoms with van der Waals surface area (Å²) >= 11 is 0. The number of fused-ring (bicyclic) bond motifs is 2. The van der Waals surface area contributed by atoms with Crippen molar-refractivity contribution in [2.24, 2.45) is 11.8 Å². The fraction of sp³-hybridized carbons (Fsp3) is 0.933. The fourth-order valence-electron chi connectivity index (χ4n) is 3.85. The van der Waals surface area contributed by atoms with Crippen LogP contribution in [0.4, 0.5) is 0 Å². The van der Waals surface area contributed by atoms with Gasteiger partial charge in [-0.2, -0.15) is 0 Å². The zero-order valence-corrected chi connectivity index (χ0v) is 12.0. The van der Waals surface area contributed by atoms with Crippen LogP contribution in [0.15, 0.2) is 0 Å². The highest BCUT2D eigenvalue weighted by atomic mass is 16.6. The van der Waals surface area contributed by atoms with Crippen molar-refractivity contribution in [2.75, 3.05) is 6.61 Å². The zero-order chi connectivity index (χ0) is 14.1. The van der Waals surface area contributed by atoms with E-state index >= 15 is 0 Å². The van der Waals surface area contributed by atoms with Gasteiger partial charge in [-0.15, -0.1) is 0 Å². The summed E-state index contributed by atoms with van der Waals surface area (Å²) in [4.78, 5) is 11.9. The highest BCUT2D eigenvalue weighted by Crippen LogP contribution is 2.50. The van der Waals surface area contributed by atoms with Gasteiger partial charge in [-0.25, -0.2) is 0 Å². The van der Waals surface area contributed by atoms with Crippen molar-refractivity contribution in [3.63, 3.8) is 0 Å². The summed E-state index contributed by atoms with van der Waals surface area (Å²) in [7, 11) is 0. The molecule has 4 nitrogen and oxygen atoms in total. The molecule has 0 spiro atoms. The average molecular weight is 270 g/mol. The van der Waals surface area contributed by atoms with Crippen LogP contribution in [-0.4, -0.2) is 34.0 Å². The first kappa shape index (κ1) is 14.8. The van der Waals surface area contributed by atoms with E-state index < -0.39 is 11.2 Å². The number of aliphatic hydroxyl groups is 2. The van der Waals surface area contributed by atoms with E-state index in [-0.39, 0.29) is 18.5 Å². The predicted molar refractivity (Wildman–Crippen MR) is 71.5 cm³/mol. The number of ether oxygens (including phenoxy) is 1. The van der Waals surface area contributed by atoms with E-state index in [0.29, 0.717) is 18.8 Å². The van der Waals surface area contributed by atoms with Gasteiger partial charge in [0.15, 0.2) is 0 Å². The van der Waals surface area contributed by atoms with E-state index in [4.69, 9.17) is 9.84 Å². The standard InChI is InChI=1S/C15H26O4/c1-11(2)13(17)19-15-5-3-4-12(9-15)8-14(18,10-15)6-7-16/h11-12,16,18H,3-10H2,1-2H3. The van der Waals surface area contributed by atoms with Crippen molar-refractivity contribution in [1.29, 1.82) is 0 Å². The maximum absolute atomic E-state index is 11.9. The Morgan fingerprint density at radius 3 is 2.79 bits per heavy atom. The van der Waals surface area contributed by atoms with Crippen molar-refractivity contribution in [2.45, 2.75) is 70.0 Å². The normalized spacial score (nSPS) is 38.3. The second kappa shape index (κ2) is 5.41.